The van der Waals surface area contributed by atoms with Gasteiger partial charge >= 0.3 is 6.18 Å². The summed E-state index contributed by atoms with van der Waals surface area (Å²) in [4.78, 5) is 30.4. The molecule has 0 saturated carbocycles. The van der Waals surface area contributed by atoms with E-state index in [1.807, 2.05) is 23.1 Å². The minimum atomic E-state index is -4.64. The molecule has 0 bridgehead atoms. The van der Waals surface area contributed by atoms with Gasteiger partial charge in [-0.2, -0.15) is 13.2 Å². The number of para-hydroxylation sites is 1. The van der Waals surface area contributed by atoms with Crippen LogP contribution in [0.15, 0.2) is 54.6 Å². The Morgan fingerprint density at radius 1 is 0.867 bits per heavy atom. The van der Waals surface area contributed by atoms with Gasteiger partial charge in [-0.05, 0) is 17.7 Å². The number of halogens is 3. The molecule has 0 spiro atoms. The Kier molecular flexibility index (Phi) is 5.62. The van der Waals surface area contributed by atoms with E-state index in [0.29, 0.717) is 18.0 Å². The van der Waals surface area contributed by atoms with Crippen molar-refractivity contribution in [2.75, 3.05) is 31.1 Å². The summed E-state index contributed by atoms with van der Waals surface area (Å²) in [5.74, 6) is -1.17. The molecule has 0 aliphatic carbocycles. The Hall–Kier alpha value is -2.71. The van der Waals surface area contributed by atoms with Crippen LogP contribution in [0.4, 0.5) is 18.9 Å². The summed E-state index contributed by atoms with van der Waals surface area (Å²) in [6.45, 7) is 3.44. The van der Waals surface area contributed by atoms with Gasteiger partial charge in [-0.1, -0.05) is 42.5 Å². The van der Waals surface area contributed by atoms with Gasteiger partial charge in [-0.3, -0.25) is 19.4 Å². The van der Waals surface area contributed by atoms with Crippen LogP contribution < -0.4 is 4.90 Å². The molecule has 2 aromatic rings. The van der Waals surface area contributed by atoms with Crippen LogP contribution in [0.3, 0.4) is 0 Å². The number of carbonyl (C=O) groups excluding carboxylic acids is 2. The van der Waals surface area contributed by atoms with E-state index in [-0.39, 0.29) is 12.1 Å². The van der Waals surface area contributed by atoms with Gasteiger partial charge in [-0.15, -0.1) is 0 Å². The van der Waals surface area contributed by atoms with E-state index in [2.05, 4.69) is 17.0 Å². The highest BCUT2D eigenvalue weighted by atomic mass is 19.4. The number of anilines is 1. The van der Waals surface area contributed by atoms with Crippen molar-refractivity contribution in [3.05, 3.63) is 65.7 Å². The summed E-state index contributed by atoms with van der Waals surface area (Å²) in [6.07, 6.45) is -4.73. The molecule has 0 N–H and O–H groups in total. The monoisotopic (exact) mass is 417 g/mol. The number of hydrogen-bond donors (Lipinski definition) is 0. The molecule has 8 heteroatoms. The first-order chi connectivity index (χ1) is 14.3. The standard InChI is InChI=1S/C22H22F3N3O2/c23-22(24,25)17-8-4-5-9-18(17)28-20(29)14-19(21(28)30)27-12-10-26(11-13-27)15-16-6-2-1-3-7-16/h1-9,19H,10-15H2/t19-/m0/s1. The van der Waals surface area contributed by atoms with Gasteiger partial charge in [0.05, 0.1) is 23.7 Å². The minimum Gasteiger partial charge on any atom is -0.297 e. The molecule has 2 fully saturated rings. The van der Waals surface area contributed by atoms with Gasteiger partial charge in [0.2, 0.25) is 5.91 Å². The highest BCUT2D eigenvalue weighted by molar-refractivity contribution is 6.22. The molecule has 4 rings (SSSR count). The van der Waals surface area contributed by atoms with Crippen molar-refractivity contribution in [3.8, 4) is 0 Å². The number of rotatable bonds is 4. The molecule has 5 nitrogen and oxygen atoms in total. The van der Waals surface area contributed by atoms with E-state index >= 15 is 0 Å². The van der Waals surface area contributed by atoms with Crippen molar-refractivity contribution in [2.45, 2.75) is 25.2 Å². The lowest BCUT2D eigenvalue weighted by Crippen LogP contribution is -2.52. The molecule has 2 amide bonds. The smallest absolute Gasteiger partial charge is 0.297 e. The zero-order valence-electron chi connectivity index (χ0n) is 16.3. The Morgan fingerprint density at radius 2 is 1.50 bits per heavy atom. The first-order valence-corrected chi connectivity index (χ1v) is 9.88. The van der Waals surface area contributed by atoms with Gasteiger partial charge in [-0.25, -0.2) is 4.90 Å². The van der Waals surface area contributed by atoms with Crippen LogP contribution in [0.5, 0.6) is 0 Å². The maximum absolute atomic E-state index is 13.4. The van der Waals surface area contributed by atoms with Crippen LogP contribution in [-0.2, 0) is 22.3 Å². The quantitative estimate of drug-likeness (QED) is 0.717. The summed E-state index contributed by atoms with van der Waals surface area (Å²) >= 11 is 0. The van der Waals surface area contributed by atoms with Crippen molar-refractivity contribution in [1.29, 1.82) is 0 Å². The maximum atomic E-state index is 13.4. The summed E-state index contributed by atoms with van der Waals surface area (Å²) in [5.41, 5.74) is -0.154. The van der Waals surface area contributed by atoms with Gasteiger partial charge in [0.1, 0.15) is 0 Å². The largest absolute Gasteiger partial charge is 0.418 e. The predicted molar refractivity (Wildman–Crippen MR) is 106 cm³/mol. The third-order valence-corrected chi connectivity index (χ3v) is 5.67. The average Bonchev–Trinajstić information content (AvgIpc) is 3.03. The SMILES string of the molecule is O=C1C[C@H](N2CCN(Cc3ccccc3)CC2)C(=O)N1c1ccccc1C(F)(F)F. The van der Waals surface area contributed by atoms with Crippen LogP contribution in [0.25, 0.3) is 0 Å². The number of alkyl halides is 3. The van der Waals surface area contributed by atoms with Crippen molar-refractivity contribution >= 4 is 17.5 Å². The molecule has 2 aliphatic rings. The molecule has 0 aromatic heterocycles. The predicted octanol–water partition coefficient (Wildman–Crippen LogP) is 3.16. The fourth-order valence-electron chi connectivity index (χ4n) is 4.14. The molecule has 0 unspecified atom stereocenters. The first kappa shape index (κ1) is 20.6. The fourth-order valence-corrected chi connectivity index (χ4v) is 4.14. The molecular formula is C22H22F3N3O2. The van der Waals surface area contributed by atoms with Crippen LogP contribution in [0.1, 0.15) is 17.5 Å². The average molecular weight is 417 g/mol. The second kappa shape index (κ2) is 8.20. The second-order valence-corrected chi connectivity index (χ2v) is 7.60. The van der Waals surface area contributed by atoms with Crippen molar-refractivity contribution in [2.24, 2.45) is 0 Å². The number of nitrogens with zero attached hydrogens (tertiary/aromatic N) is 3. The lowest BCUT2D eigenvalue weighted by atomic mass is 10.1. The van der Waals surface area contributed by atoms with E-state index in [9.17, 15) is 22.8 Å². The lowest BCUT2D eigenvalue weighted by molar-refractivity contribution is -0.137. The minimum absolute atomic E-state index is 0.0935. The topological polar surface area (TPSA) is 43.9 Å². The van der Waals surface area contributed by atoms with Crippen LogP contribution >= 0.6 is 0 Å². The summed E-state index contributed by atoms with van der Waals surface area (Å²) in [6, 6.07) is 14.1. The third-order valence-electron chi connectivity index (χ3n) is 5.67. The molecule has 0 radical (unpaired) electrons. The van der Waals surface area contributed by atoms with Crippen molar-refractivity contribution in [1.82, 2.24) is 9.80 Å². The van der Waals surface area contributed by atoms with Gasteiger partial charge < -0.3 is 0 Å². The zero-order chi connectivity index (χ0) is 21.3. The van der Waals surface area contributed by atoms with Gasteiger partial charge in [0.15, 0.2) is 0 Å². The zero-order valence-corrected chi connectivity index (χ0v) is 16.3. The van der Waals surface area contributed by atoms with E-state index in [1.54, 1.807) is 0 Å². The molecule has 2 aromatic carbocycles. The Morgan fingerprint density at radius 3 is 2.17 bits per heavy atom. The first-order valence-electron chi connectivity index (χ1n) is 9.88. The summed E-state index contributed by atoms with van der Waals surface area (Å²) in [5, 5.41) is 0. The number of hydrogen-bond acceptors (Lipinski definition) is 4. The number of amides is 2. The third kappa shape index (κ3) is 4.11. The Balaban J connectivity index is 1.44. The second-order valence-electron chi connectivity index (χ2n) is 7.60. The van der Waals surface area contributed by atoms with E-state index in [4.69, 9.17) is 0 Å². The fraction of sp³-hybridized carbons (Fsp3) is 0.364. The lowest BCUT2D eigenvalue weighted by Gasteiger charge is -2.37. The molecule has 30 heavy (non-hydrogen) atoms. The highest BCUT2D eigenvalue weighted by Crippen LogP contribution is 2.38. The molecule has 1 atom stereocenters. The van der Waals surface area contributed by atoms with Crippen molar-refractivity contribution < 1.29 is 22.8 Å². The molecule has 2 saturated heterocycles. The van der Waals surface area contributed by atoms with Crippen LogP contribution in [-0.4, -0.2) is 53.8 Å². The van der Waals surface area contributed by atoms with E-state index in [0.717, 1.165) is 25.7 Å². The number of piperazine rings is 1. The highest BCUT2D eigenvalue weighted by Gasteiger charge is 2.46. The van der Waals surface area contributed by atoms with Crippen LogP contribution in [0, 0.1) is 0 Å². The molecule has 2 aliphatic heterocycles. The Bertz CT molecular complexity index is 925. The number of imide groups is 1. The normalized spacial score (nSPS) is 21.4. The van der Waals surface area contributed by atoms with Gasteiger partial charge in [0.25, 0.3) is 5.91 Å². The maximum Gasteiger partial charge on any atom is 0.418 e. The Labute approximate surface area is 172 Å². The molecule has 158 valence electrons. The molecule has 2 heterocycles. The van der Waals surface area contributed by atoms with Crippen LogP contribution in [0.2, 0.25) is 0 Å². The molecular weight excluding hydrogens is 395 g/mol. The summed E-state index contributed by atoms with van der Waals surface area (Å²) < 4.78 is 40.1. The van der Waals surface area contributed by atoms with E-state index < -0.39 is 29.6 Å². The number of benzene rings is 2. The van der Waals surface area contributed by atoms with E-state index in [1.165, 1.54) is 23.8 Å². The number of carbonyl (C=O) groups is 2. The summed E-state index contributed by atoms with van der Waals surface area (Å²) in [7, 11) is 0. The van der Waals surface area contributed by atoms with Crippen molar-refractivity contribution in [3.63, 3.8) is 0 Å². The van der Waals surface area contributed by atoms with Gasteiger partial charge in [0, 0.05) is 32.7 Å².